The summed E-state index contributed by atoms with van der Waals surface area (Å²) in [4.78, 5) is 12.1. The summed E-state index contributed by atoms with van der Waals surface area (Å²) in [7, 11) is 1.83. The Morgan fingerprint density at radius 2 is 2.29 bits per heavy atom. The third-order valence-corrected chi connectivity index (χ3v) is 2.73. The molecule has 0 aliphatic heterocycles. The Bertz CT molecular complexity index is 413. The Hall–Kier alpha value is -1.43. The van der Waals surface area contributed by atoms with Gasteiger partial charge in [-0.05, 0) is 5.92 Å². The number of nitrogens with one attached hydrogen (secondary N) is 1. The van der Waals surface area contributed by atoms with E-state index >= 15 is 0 Å². The molecule has 1 aromatic rings. The lowest BCUT2D eigenvalue weighted by Gasteiger charge is -2.18. The molecule has 1 amide bonds. The number of aromatic nitrogens is 2. The van der Waals surface area contributed by atoms with E-state index in [2.05, 4.69) is 10.4 Å². The van der Waals surface area contributed by atoms with E-state index < -0.39 is 5.92 Å². The van der Waals surface area contributed by atoms with E-state index in [9.17, 15) is 4.79 Å². The van der Waals surface area contributed by atoms with Crippen molar-refractivity contribution in [2.75, 3.05) is 0 Å². The van der Waals surface area contributed by atoms with Crippen molar-refractivity contribution in [1.82, 2.24) is 15.1 Å². The van der Waals surface area contributed by atoms with Gasteiger partial charge in [-0.2, -0.15) is 5.10 Å². The highest BCUT2D eigenvalue weighted by Gasteiger charge is 2.24. The lowest BCUT2D eigenvalue weighted by molar-refractivity contribution is -0.124. The van der Waals surface area contributed by atoms with Crippen molar-refractivity contribution in [3.8, 4) is 0 Å². The Labute approximate surface area is 106 Å². The first-order valence-electron chi connectivity index (χ1n) is 5.46. The van der Waals surface area contributed by atoms with Crippen molar-refractivity contribution < 1.29 is 4.79 Å². The summed E-state index contributed by atoms with van der Waals surface area (Å²) < 4.78 is 1.69. The van der Waals surface area contributed by atoms with E-state index in [1.54, 1.807) is 10.9 Å². The van der Waals surface area contributed by atoms with E-state index in [1.807, 2.05) is 27.1 Å². The van der Waals surface area contributed by atoms with E-state index in [0.717, 1.165) is 5.56 Å². The summed E-state index contributed by atoms with van der Waals surface area (Å²) in [6.45, 7) is 4.29. The number of carbonyl (C=O) groups is 1. The van der Waals surface area contributed by atoms with Crippen LogP contribution in [0.2, 0.25) is 0 Å². The monoisotopic (exact) mass is 254 g/mol. The number of nitrogens with two attached hydrogens (primary N) is 1. The van der Waals surface area contributed by atoms with Crippen LogP contribution in [0.5, 0.6) is 0 Å². The molecule has 1 unspecified atom stereocenters. The van der Waals surface area contributed by atoms with Crippen molar-refractivity contribution in [2.45, 2.75) is 20.4 Å². The van der Waals surface area contributed by atoms with Crippen LogP contribution < -0.4 is 11.1 Å². The first-order valence-corrected chi connectivity index (χ1v) is 5.87. The zero-order valence-electron chi connectivity index (χ0n) is 10.3. The number of hydrogen-bond donors (Lipinski definition) is 2. The van der Waals surface area contributed by atoms with Crippen LogP contribution in [-0.4, -0.2) is 20.7 Å². The second-order valence-corrected chi connectivity index (χ2v) is 4.84. The molecule has 1 atom stereocenters. The predicted octanol–water partition coefficient (Wildman–Crippen LogP) is 0.595. The molecule has 0 aliphatic carbocycles. The fourth-order valence-electron chi connectivity index (χ4n) is 1.62. The number of hydrogen-bond acceptors (Lipinski definition) is 3. The van der Waals surface area contributed by atoms with Gasteiger partial charge in [0.25, 0.3) is 0 Å². The van der Waals surface area contributed by atoms with E-state index in [4.69, 9.17) is 18.0 Å². The minimum Gasteiger partial charge on any atom is -0.393 e. The molecule has 0 aliphatic rings. The van der Waals surface area contributed by atoms with Gasteiger partial charge in [0.15, 0.2) is 0 Å². The van der Waals surface area contributed by atoms with Crippen molar-refractivity contribution in [2.24, 2.45) is 24.6 Å². The standard InChI is InChI=1S/C11H18N4OS/c1-7(2)9(10(12)17)11(16)13-4-8-5-14-15(3)6-8/h5-7,9H,4H2,1-3H3,(H2,12,17)(H,13,16). The molecular formula is C11H18N4OS. The third kappa shape index (κ3) is 3.81. The zero-order chi connectivity index (χ0) is 13.0. The first-order chi connectivity index (χ1) is 7.91. The molecule has 0 fully saturated rings. The molecule has 6 heteroatoms. The predicted molar refractivity (Wildman–Crippen MR) is 70.2 cm³/mol. The summed E-state index contributed by atoms with van der Waals surface area (Å²) in [6.07, 6.45) is 3.57. The minimum absolute atomic E-state index is 0.0985. The van der Waals surface area contributed by atoms with Crippen molar-refractivity contribution >= 4 is 23.1 Å². The number of carbonyl (C=O) groups excluding carboxylic acids is 1. The molecule has 0 spiro atoms. The fraction of sp³-hybridized carbons (Fsp3) is 0.545. The normalized spacial score (nSPS) is 12.5. The Balaban J connectivity index is 2.56. The summed E-state index contributed by atoms with van der Waals surface area (Å²) in [5, 5.41) is 6.84. The maximum Gasteiger partial charge on any atom is 0.230 e. The maximum absolute atomic E-state index is 11.9. The van der Waals surface area contributed by atoms with E-state index in [0.29, 0.717) is 6.54 Å². The molecule has 1 rings (SSSR count). The summed E-state index contributed by atoms with van der Waals surface area (Å²) in [5.41, 5.74) is 6.52. The molecular weight excluding hydrogens is 236 g/mol. The quantitative estimate of drug-likeness (QED) is 0.755. The highest BCUT2D eigenvalue weighted by atomic mass is 32.1. The smallest absolute Gasteiger partial charge is 0.230 e. The van der Waals surface area contributed by atoms with Gasteiger partial charge in [0, 0.05) is 25.4 Å². The molecule has 1 aromatic heterocycles. The van der Waals surface area contributed by atoms with Crippen LogP contribution in [0.25, 0.3) is 0 Å². The Kier molecular flexibility index (Phi) is 4.62. The minimum atomic E-state index is -0.415. The first kappa shape index (κ1) is 13.6. The van der Waals surface area contributed by atoms with Gasteiger partial charge in [-0.3, -0.25) is 9.48 Å². The van der Waals surface area contributed by atoms with Crippen molar-refractivity contribution in [3.05, 3.63) is 18.0 Å². The van der Waals surface area contributed by atoms with Crippen LogP contribution in [0.15, 0.2) is 12.4 Å². The van der Waals surface area contributed by atoms with Gasteiger partial charge in [0.2, 0.25) is 5.91 Å². The molecule has 0 aromatic carbocycles. The average Bonchev–Trinajstić information content (AvgIpc) is 2.60. The van der Waals surface area contributed by atoms with Gasteiger partial charge in [0.1, 0.15) is 0 Å². The van der Waals surface area contributed by atoms with Crippen LogP contribution in [-0.2, 0) is 18.4 Å². The third-order valence-electron chi connectivity index (χ3n) is 2.48. The molecule has 94 valence electrons. The average molecular weight is 254 g/mol. The molecule has 1 heterocycles. The van der Waals surface area contributed by atoms with Gasteiger partial charge >= 0.3 is 0 Å². The molecule has 17 heavy (non-hydrogen) atoms. The van der Waals surface area contributed by atoms with E-state index in [1.165, 1.54) is 0 Å². The molecule has 3 N–H and O–H groups in total. The largest absolute Gasteiger partial charge is 0.393 e. The second kappa shape index (κ2) is 5.77. The number of aryl methyl sites for hydroxylation is 1. The lowest BCUT2D eigenvalue weighted by Crippen LogP contribution is -2.40. The topological polar surface area (TPSA) is 72.9 Å². The lowest BCUT2D eigenvalue weighted by atomic mass is 9.95. The van der Waals surface area contributed by atoms with Crippen LogP contribution >= 0.6 is 12.2 Å². The summed E-state index contributed by atoms with van der Waals surface area (Å²) in [5.74, 6) is -0.445. The van der Waals surface area contributed by atoms with Crippen LogP contribution in [0.1, 0.15) is 19.4 Å². The summed E-state index contributed by atoms with van der Waals surface area (Å²) in [6, 6.07) is 0. The van der Waals surface area contributed by atoms with E-state index in [-0.39, 0.29) is 16.8 Å². The number of rotatable bonds is 5. The Morgan fingerprint density at radius 3 is 2.71 bits per heavy atom. The maximum atomic E-state index is 11.9. The van der Waals surface area contributed by atoms with Crippen molar-refractivity contribution in [1.29, 1.82) is 0 Å². The molecule has 0 radical (unpaired) electrons. The highest BCUT2D eigenvalue weighted by Crippen LogP contribution is 2.11. The van der Waals surface area contributed by atoms with Gasteiger partial charge in [-0.1, -0.05) is 26.1 Å². The van der Waals surface area contributed by atoms with Crippen LogP contribution in [0.3, 0.4) is 0 Å². The fourth-order valence-corrected chi connectivity index (χ4v) is 2.00. The van der Waals surface area contributed by atoms with Crippen LogP contribution in [0, 0.1) is 11.8 Å². The molecule has 0 saturated heterocycles. The zero-order valence-corrected chi connectivity index (χ0v) is 11.1. The van der Waals surface area contributed by atoms with Gasteiger partial charge in [0.05, 0.1) is 17.1 Å². The van der Waals surface area contributed by atoms with Gasteiger partial charge in [-0.25, -0.2) is 0 Å². The second-order valence-electron chi connectivity index (χ2n) is 4.36. The number of thiocarbonyl (C=S) groups is 1. The van der Waals surface area contributed by atoms with Gasteiger partial charge < -0.3 is 11.1 Å². The molecule has 5 nitrogen and oxygen atoms in total. The SMILES string of the molecule is CC(C)C(C(=O)NCc1cnn(C)c1)C(N)=S. The van der Waals surface area contributed by atoms with Crippen molar-refractivity contribution in [3.63, 3.8) is 0 Å². The highest BCUT2D eigenvalue weighted by molar-refractivity contribution is 7.80. The Morgan fingerprint density at radius 1 is 1.65 bits per heavy atom. The van der Waals surface area contributed by atoms with Crippen LogP contribution in [0.4, 0.5) is 0 Å². The number of nitrogens with zero attached hydrogens (tertiary/aromatic N) is 2. The summed E-state index contributed by atoms with van der Waals surface area (Å²) >= 11 is 4.90. The molecule has 0 saturated carbocycles. The number of amides is 1. The van der Waals surface area contributed by atoms with Gasteiger partial charge in [-0.15, -0.1) is 0 Å². The molecule has 0 bridgehead atoms.